The van der Waals surface area contributed by atoms with Crippen LogP contribution in [0, 0.1) is 5.92 Å². The first-order valence-electron chi connectivity index (χ1n) is 12.4. The van der Waals surface area contributed by atoms with Crippen LogP contribution in [0.25, 0.3) is 0 Å². The van der Waals surface area contributed by atoms with E-state index in [4.69, 9.17) is 14.5 Å². The Morgan fingerprint density at radius 2 is 1.82 bits per heavy atom. The molecular formula is C25H41IN4O3. The van der Waals surface area contributed by atoms with Gasteiger partial charge in [-0.1, -0.05) is 18.9 Å². The molecule has 1 atom stereocenters. The quantitative estimate of drug-likeness (QED) is 0.252. The zero-order chi connectivity index (χ0) is 22.8. The van der Waals surface area contributed by atoms with Gasteiger partial charge in [0.25, 0.3) is 0 Å². The van der Waals surface area contributed by atoms with E-state index >= 15 is 0 Å². The van der Waals surface area contributed by atoms with Gasteiger partial charge in [-0.15, -0.1) is 24.0 Å². The molecule has 1 aliphatic carbocycles. The van der Waals surface area contributed by atoms with Gasteiger partial charge < -0.3 is 25.0 Å². The summed E-state index contributed by atoms with van der Waals surface area (Å²) >= 11 is 0. The molecular weight excluding hydrogens is 531 g/mol. The Hall–Kier alpha value is -1.71. The molecule has 1 amide bonds. The molecule has 3 rings (SSSR count). The average Bonchev–Trinajstić information content (AvgIpc) is 3.48. The first-order valence-corrected chi connectivity index (χ1v) is 12.4. The fourth-order valence-corrected chi connectivity index (χ4v) is 4.57. The summed E-state index contributed by atoms with van der Waals surface area (Å²) < 4.78 is 11.4. The van der Waals surface area contributed by atoms with Crippen LogP contribution < -0.4 is 20.1 Å². The van der Waals surface area contributed by atoms with Crippen molar-refractivity contribution in [1.29, 1.82) is 0 Å². The maximum absolute atomic E-state index is 12.7. The molecule has 186 valence electrons. The first-order chi connectivity index (χ1) is 15.6. The van der Waals surface area contributed by atoms with Gasteiger partial charge in [-0.2, -0.15) is 0 Å². The number of amides is 1. The van der Waals surface area contributed by atoms with E-state index in [-0.39, 0.29) is 35.9 Å². The molecule has 1 unspecified atom stereocenters. The van der Waals surface area contributed by atoms with E-state index in [1.165, 1.54) is 18.4 Å². The van der Waals surface area contributed by atoms with Gasteiger partial charge in [0.05, 0.1) is 13.2 Å². The highest BCUT2D eigenvalue weighted by Crippen LogP contribution is 2.29. The molecule has 7 nitrogen and oxygen atoms in total. The minimum Gasteiger partial charge on any atom is -0.490 e. The summed E-state index contributed by atoms with van der Waals surface area (Å²) in [6, 6.07) is 6.36. The average molecular weight is 573 g/mol. The fraction of sp³-hybridized carbons (Fsp3) is 0.680. The van der Waals surface area contributed by atoms with Crippen molar-refractivity contribution in [1.82, 2.24) is 15.5 Å². The second-order valence-electron chi connectivity index (χ2n) is 8.55. The van der Waals surface area contributed by atoms with Gasteiger partial charge >= 0.3 is 0 Å². The molecule has 2 fully saturated rings. The molecule has 1 saturated heterocycles. The molecule has 33 heavy (non-hydrogen) atoms. The number of nitrogens with one attached hydrogen (secondary N) is 2. The van der Waals surface area contributed by atoms with E-state index in [1.54, 1.807) is 0 Å². The van der Waals surface area contributed by atoms with E-state index in [0.29, 0.717) is 25.7 Å². The number of nitrogens with zero attached hydrogens (tertiary/aromatic N) is 2. The molecule has 0 spiro atoms. The van der Waals surface area contributed by atoms with Gasteiger partial charge in [-0.25, -0.2) is 0 Å². The zero-order valence-corrected chi connectivity index (χ0v) is 22.7. The minimum atomic E-state index is 0. The lowest BCUT2D eigenvalue weighted by molar-refractivity contribution is -0.134. The normalized spacial score (nSPS) is 18.7. The van der Waals surface area contributed by atoms with E-state index in [9.17, 15) is 4.79 Å². The van der Waals surface area contributed by atoms with Crippen LogP contribution in [0.1, 0.15) is 58.4 Å². The lowest BCUT2D eigenvalue weighted by atomic mass is 10.1. The SMILES string of the molecule is CCNC(=NCCc1ccc(OCC)c(OCC)c1)NC1CCN(C(=O)C2CCCC2)C1.I. The van der Waals surface area contributed by atoms with Crippen molar-refractivity contribution in [2.45, 2.75) is 65.3 Å². The predicted octanol–water partition coefficient (Wildman–Crippen LogP) is 3.99. The number of halogens is 1. The summed E-state index contributed by atoms with van der Waals surface area (Å²) in [5, 5.41) is 6.88. The number of carbonyl (C=O) groups is 1. The smallest absolute Gasteiger partial charge is 0.225 e. The summed E-state index contributed by atoms with van der Waals surface area (Å²) in [4.78, 5) is 19.5. The van der Waals surface area contributed by atoms with Gasteiger partial charge in [0.2, 0.25) is 5.91 Å². The van der Waals surface area contributed by atoms with E-state index in [1.807, 2.05) is 30.9 Å². The first kappa shape index (κ1) is 27.5. The second-order valence-corrected chi connectivity index (χ2v) is 8.55. The zero-order valence-electron chi connectivity index (χ0n) is 20.4. The topological polar surface area (TPSA) is 75.2 Å². The number of hydrogen-bond donors (Lipinski definition) is 2. The molecule has 2 N–H and O–H groups in total. The Bertz CT molecular complexity index is 768. The van der Waals surface area contributed by atoms with E-state index in [2.05, 4.69) is 23.6 Å². The van der Waals surface area contributed by atoms with Crippen molar-refractivity contribution in [2.75, 3.05) is 39.4 Å². The second kappa shape index (κ2) is 14.5. The number of rotatable bonds is 10. The third-order valence-electron chi connectivity index (χ3n) is 6.17. The Balaban J connectivity index is 0.00000385. The number of likely N-dealkylation sites (tertiary alicyclic amines) is 1. The Morgan fingerprint density at radius 3 is 2.52 bits per heavy atom. The molecule has 1 aliphatic heterocycles. The highest BCUT2D eigenvalue weighted by atomic mass is 127. The van der Waals surface area contributed by atoms with Crippen molar-refractivity contribution >= 4 is 35.8 Å². The van der Waals surface area contributed by atoms with Crippen LogP contribution in [0.2, 0.25) is 0 Å². The van der Waals surface area contributed by atoms with Crippen molar-refractivity contribution in [3.8, 4) is 11.5 Å². The summed E-state index contributed by atoms with van der Waals surface area (Å²) in [5.41, 5.74) is 1.17. The number of ether oxygens (including phenoxy) is 2. The lowest BCUT2D eigenvalue weighted by Gasteiger charge is -2.21. The molecule has 8 heteroatoms. The Kier molecular flexibility index (Phi) is 12.1. The third-order valence-corrected chi connectivity index (χ3v) is 6.17. The molecule has 0 radical (unpaired) electrons. The number of hydrogen-bond acceptors (Lipinski definition) is 4. The Labute approximate surface area is 216 Å². The van der Waals surface area contributed by atoms with Crippen LogP contribution in [0.5, 0.6) is 11.5 Å². The Morgan fingerprint density at radius 1 is 1.09 bits per heavy atom. The van der Waals surface area contributed by atoms with Crippen LogP contribution in [-0.4, -0.2) is 62.2 Å². The van der Waals surface area contributed by atoms with Crippen LogP contribution >= 0.6 is 24.0 Å². The fourth-order valence-electron chi connectivity index (χ4n) is 4.57. The van der Waals surface area contributed by atoms with Crippen molar-refractivity contribution in [2.24, 2.45) is 10.9 Å². The molecule has 0 aromatic heterocycles. The van der Waals surface area contributed by atoms with Gasteiger partial charge in [0, 0.05) is 38.1 Å². The van der Waals surface area contributed by atoms with Crippen LogP contribution in [0.15, 0.2) is 23.2 Å². The highest BCUT2D eigenvalue weighted by Gasteiger charge is 2.32. The van der Waals surface area contributed by atoms with Gasteiger partial charge in [0.1, 0.15) is 0 Å². The lowest BCUT2D eigenvalue weighted by Crippen LogP contribution is -2.45. The van der Waals surface area contributed by atoms with Crippen molar-refractivity contribution in [3.63, 3.8) is 0 Å². The van der Waals surface area contributed by atoms with E-state index in [0.717, 1.165) is 62.8 Å². The maximum atomic E-state index is 12.7. The molecule has 1 saturated carbocycles. The minimum absolute atomic E-state index is 0. The monoisotopic (exact) mass is 572 g/mol. The third kappa shape index (κ3) is 8.22. The van der Waals surface area contributed by atoms with Crippen LogP contribution in [-0.2, 0) is 11.2 Å². The standard InChI is InChI=1S/C25H40N4O3.HI/c1-4-26-25(28-21-14-16-29(18-21)24(30)20-9-7-8-10-20)27-15-13-19-11-12-22(31-5-2)23(17-19)32-6-3;/h11-12,17,20-21H,4-10,13-16,18H2,1-3H3,(H2,26,27,28);1H. The predicted molar refractivity (Wildman–Crippen MR) is 144 cm³/mol. The number of carbonyl (C=O) groups excluding carboxylic acids is 1. The van der Waals surface area contributed by atoms with Crippen LogP contribution in [0.4, 0.5) is 0 Å². The summed E-state index contributed by atoms with van der Waals surface area (Å²) in [6.45, 7) is 10.4. The molecule has 1 aromatic carbocycles. The van der Waals surface area contributed by atoms with Crippen molar-refractivity contribution in [3.05, 3.63) is 23.8 Å². The van der Waals surface area contributed by atoms with Gasteiger partial charge in [-0.3, -0.25) is 9.79 Å². The largest absolute Gasteiger partial charge is 0.490 e. The maximum Gasteiger partial charge on any atom is 0.225 e. The number of aliphatic imine (C=N–C) groups is 1. The molecule has 2 aliphatic rings. The molecule has 1 heterocycles. The molecule has 0 bridgehead atoms. The molecule has 1 aromatic rings. The number of guanidine groups is 1. The van der Waals surface area contributed by atoms with Gasteiger partial charge in [-0.05, 0) is 64.2 Å². The summed E-state index contributed by atoms with van der Waals surface area (Å²) in [7, 11) is 0. The van der Waals surface area contributed by atoms with E-state index < -0.39 is 0 Å². The highest BCUT2D eigenvalue weighted by molar-refractivity contribution is 14.0. The number of benzene rings is 1. The van der Waals surface area contributed by atoms with Crippen LogP contribution in [0.3, 0.4) is 0 Å². The van der Waals surface area contributed by atoms with Gasteiger partial charge in [0.15, 0.2) is 17.5 Å². The summed E-state index contributed by atoms with van der Waals surface area (Å²) in [5.74, 6) is 3.01. The summed E-state index contributed by atoms with van der Waals surface area (Å²) in [6.07, 6.45) is 6.31. The van der Waals surface area contributed by atoms with Crippen molar-refractivity contribution < 1.29 is 14.3 Å².